The molecule has 2 aromatic carbocycles. The van der Waals surface area contributed by atoms with Gasteiger partial charge in [0.2, 0.25) is 0 Å². The Bertz CT molecular complexity index is 1150. The van der Waals surface area contributed by atoms with E-state index in [0.717, 1.165) is 0 Å². The minimum atomic E-state index is -0.455. The number of nitro groups is 1. The lowest BCUT2D eigenvalue weighted by molar-refractivity contribution is -0.384. The summed E-state index contributed by atoms with van der Waals surface area (Å²) in [6.45, 7) is 4.08. The maximum Gasteiger partial charge on any atom is 0.269 e. The SMILES string of the molecule is CC1(C)CC(=O)c2c(nn(-c3ccc([N+](=O)[O-])cc3)c2-c2ccc(Cl)c(Cl)c2)C1. The second-order valence-electron chi connectivity index (χ2n) is 7.93. The molecule has 1 aliphatic carbocycles. The Morgan fingerprint density at radius 2 is 1.76 bits per heavy atom. The highest BCUT2D eigenvalue weighted by Crippen LogP contribution is 2.41. The molecule has 148 valence electrons. The third-order valence-electron chi connectivity index (χ3n) is 5.02. The number of Topliss-reactive ketones (excluding diaryl/α,β-unsaturated/α-hetero) is 1. The van der Waals surface area contributed by atoms with E-state index >= 15 is 0 Å². The van der Waals surface area contributed by atoms with Crippen molar-refractivity contribution in [3.8, 4) is 16.9 Å². The van der Waals surface area contributed by atoms with Gasteiger partial charge >= 0.3 is 0 Å². The molecule has 8 heteroatoms. The molecule has 1 aliphatic rings. The summed E-state index contributed by atoms with van der Waals surface area (Å²) in [5, 5.41) is 16.5. The van der Waals surface area contributed by atoms with E-state index in [-0.39, 0.29) is 16.9 Å². The van der Waals surface area contributed by atoms with E-state index in [4.69, 9.17) is 28.3 Å². The van der Waals surface area contributed by atoms with Gasteiger partial charge in [0, 0.05) is 24.1 Å². The Balaban J connectivity index is 1.96. The van der Waals surface area contributed by atoms with Crippen molar-refractivity contribution < 1.29 is 9.72 Å². The zero-order valence-electron chi connectivity index (χ0n) is 15.8. The van der Waals surface area contributed by atoms with Crippen LogP contribution in [0.2, 0.25) is 10.0 Å². The number of hydrogen-bond donors (Lipinski definition) is 0. The quantitative estimate of drug-likeness (QED) is 0.382. The molecule has 0 radical (unpaired) electrons. The summed E-state index contributed by atoms with van der Waals surface area (Å²) in [4.78, 5) is 23.6. The molecule has 1 heterocycles. The first-order valence-corrected chi connectivity index (χ1v) is 9.77. The summed E-state index contributed by atoms with van der Waals surface area (Å²) in [5.41, 5.74) is 3.03. The number of carbonyl (C=O) groups excluding carboxylic acids is 1. The van der Waals surface area contributed by atoms with Crippen molar-refractivity contribution in [2.75, 3.05) is 0 Å². The number of nitrogens with zero attached hydrogens (tertiary/aromatic N) is 3. The van der Waals surface area contributed by atoms with Gasteiger partial charge in [-0.3, -0.25) is 14.9 Å². The van der Waals surface area contributed by atoms with Gasteiger partial charge in [-0.2, -0.15) is 5.10 Å². The zero-order chi connectivity index (χ0) is 20.9. The molecule has 3 aromatic rings. The number of carbonyl (C=O) groups is 1. The van der Waals surface area contributed by atoms with Crippen LogP contribution in [0.5, 0.6) is 0 Å². The van der Waals surface area contributed by atoms with Gasteiger partial charge < -0.3 is 0 Å². The number of aromatic nitrogens is 2. The monoisotopic (exact) mass is 429 g/mol. The fraction of sp³-hybridized carbons (Fsp3) is 0.238. The number of hydrogen-bond acceptors (Lipinski definition) is 4. The van der Waals surface area contributed by atoms with Gasteiger partial charge in [0.05, 0.1) is 37.6 Å². The largest absolute Gasteiger partial charge is 0.294 e. The maximum absolute atomic E-state index is 13.0. The van der Waals surface area contributed by atoms with Crippen molar-refractivity contribution >= 4 is 34.7 Å². The molecule has 0 unspecified atom stereocenters. The summed E-state index contributed by atoms with van der Waals surface area (Å²) in [7, 11) is 0. The number of halogens is 2. The molecule has 0 N–H and O–H groups in total. The standard InChI is InChI=1S/C21H17Cl2N3O3/c1-21(2)10-17-19(18(27)11-21)20(12-3-8-15(22)16(23)9-12)25(24-17)13-4-6-14(7-5-13)26(28)29/h3-9H,10-11H2,1-2H3. The van der Waals surface area contributed by atoms with Crippen LogP contribution in [0.25, 0.3) is 16.9 Å². The Morgan fingerprint density at radius 1 is 1.07 bits per heavy atom. The van der Waals surface area contributed by atoms with Gasteiger partial charge in [-0.25, -0.2) is 4.68 Å². The summed E-state index contributed by atoms with van der Waals surface area (Å²) in [6.07, 6.45) is 1.07. The number of benzene rings is 2. The first kappa shape index (κ1) is 19.6. The predicted octanol–water partition coefficient (Wildman–Crippen LogP) is 5.91. The summed E-state index contributed by atoms with van der Waals surface area (Å²) >= 11 is 12.3. The second kappa shape index (κ2) is 6.97. The van der Waals surface area contributed by atoms with Crippen LogP contribution in [0.3, 0.4) is 0 Å². The van der Waals surface area contributed by atoms with E-state index in [0.29, 0.717) is 51.1 Å². The van der Waals surface area contributed by atoms with Crippen molar-refractivity contribution in [1.29, 1.82) is 0 Å². The molecule has 29 heavy (non-hydrogen) atoms. The molecule has 0 saturated heterocycles. The molecular formula is C21H17Cl2N3O3. The van der Waals surface area contributed by atoms with E-state index < -0.39 is 4.92 Å². The Labute approximate surface area is 177 Å². The average Bonchev–Trinajstić information content (AvgIpc) is 3.02. The van der Waals surface area contributed by atoms with Gasteiger partial charge in [0.25, 0.3) is 5.69 Å². The van der Waals surface area contributed by atoms with Gasteiger partial charge in [-0.1, -0.05) is 43.1 Å². The van der Waals surface area contributed by atoms with Crippen LogP contribution >= 0.6 is 23.2 Å². The summed E-state index contributed by atoms with van der Waals surface area (Å²) in [5.74, 6) is 0.0190. The van der Waals surface area contributed by atoms with E-state index in [1.54, 1.807) is 35.0 Å². The minimum Gasteiger partial charge on any atom is -0.294 e. The third-order valence-corrected chi connectivity index (χ3v) is 5.76. The Morgan fingerprint density at radius 3 is 2.38 bits per heavy atom. The molecule has 0 spiro atoms. The fourth-order valence-corrected chi connectivity index (χ4v) is 4.03. The number of fused-ring (bicyclic) bond motifs is 1. The first-order valence-electron chi connectivity index (χ1n) is 9.02. The first-order chi connectivity index (χ1) is 13.7. The topological polar surface area (TPSA) is 78.0 Å². The predicted molar refractivity (Wildman–Crippen MR) is 112 cm³/mol. The highest BCUT2D eigenvalue weighted by Gasteiger charge is 2.36. The summed E-state index contributed by atoms with van der Waals surface area (Å²) < 4.78 is 1.66. The fourth-order valence-electron chi connectivity index (χ4n) is 3.73. The molecule has 0 bridgehead atoms. The molecule has 4 rings (SSSR count). The molecule has 0 saturated carbocycles. The van der Waals surface area contributed by atoms with Gasteiger partial charge in [0.15, 0.2) is 5.78 Å². The average molecular weight is 430 g/mol. The van der Waals surface area contributed by atoms with E-state index in [9.17, 15) is 14.9 Å². The van der Waals surface area contributed by atoms with Crippen LogP contribution in [-0.4, -0.2) is 20.5 Å². The lowest BCUT2D eigenvalue weighted by Gasteiger charge is -2.27. The van der Waals surface area contributed by atoms with Crippen LogP contribution in [0.15, 0.2) is 42.5 Å². The van der Waals surface area contributed by atoms with Gasteiger partial charge in [-0.05, 0) is 36.1 Å². The highest BCUT2D eigenvalue weighted by molar-refractivity contribution is 6.42. The lowest BCUT2D eigenvalue weighted by Crippen LogP contribution is -2.26. The van der Waals surface area contributed by atoms with Crippen LogP contribution in [0.4, 0.5) is 5.69 Å². The van der Waals surface area contributed by atoms with Crippen molar-refractivity contribution in [2.45, 2.75) is 26.7 Å². The molecule has 1 aromatic heterocycles. The van der Waals surface area contributed by atoms with Gasteiger partial charge in [0.1, 0.15) is 0 Å². The molecular weight excluding hydrogens is 413 g/mol. The molecule has 0 atom stereocenters. The number of rotatable bonds is 3. The highest BCUT2D eigenvalue weighted by atomic mass is 35.5. The van der Waals surface area contributed by atoms with Crippen molar-refractivity contribution in [3.63, 3.8) is 0 Å². The van der Waals surface area contributed by atoms with E-state index in [1.165, 1.54) is 12.1 Å². The second-order valence-corrected chi connectivity index (χ2v) is 8.74. The van der Waals surface area contributed by atoms with E-state index in [1.807, 2.05) is 13.8 Å². The smallest absolute Gasteiger partial charge is 0.269 e. The third kappa shape index (κ3) is 3.54. The van der Waals surface area contributed by atoms with Crippen LogP contribution in [0, 0.1) is 15.5 Å². The van der Waals surface area contributed by atoms with Crippen LogP contribution < -0.4 is 0 Å². The van der Waals surface area contributed by atoms with Crippen molar-refractivity contribution in [3.05, 3.63) is 73.9 Å². The normalized spacial score (nSPS) is 15.2. The summed E-state index contributed by atoms with van der Waals surface area (Å²) in [6, 6.07) is 11.2. The van der Waals surface area contributed by atoms with Crippen LogP contribution in [0.1, 0.15) is 36.3 Å². The number of non-ortho nitro benzene ring substituents is 1. The maximum atomic E-state index is 13.0. The van der Waals surface area contributed by atoms with E-state index in [2.05, 4.69) is 0 Å². The zero-order valence-corrected chi connectivity index (χ0v) is 17.3. The van der Waals surface area contributed by atoms with Gasteiger partial charge in [-0.15, -0.1) is 0 Å². The number of nitro benzene ring substituents is 1. The Kier molecular flexibility index (Phi) is 4.71. The number of ketones is 1. The molecule has 0 aliphatic heterocycles. The minimum absolute atomic E-state index is 0.0148. The van der Waals surface area contributed by atoms with Crippen LogP contribution in [-0.2, 0) is 6.42 Å². The lowest BCUT2D eigenvalue weighted by atomic mass is 9.75. The molecule has 0 amide bonds. The van der Waals surface area contributed by atoms with Crippen molar-refractivity contribution in [2.24, 2.45) is 5.41 Å². The van der Waals surface area contributed by atoms with Crippen molar-refractivity contribution in [1.82, 2.24) is 9.78 Å². The Hall–Kier alpha value is -2.70. The molecule has 6 nitrogen and oxygen atoms in total. The molecule has 0 fully saturated rings.